The van der Waals surface area contributed by atoms with Gasteiger partial charge in [0.05, 0.1) is 5.69 Å². The predicted molar refractivity (Wildman–Crippen MR) is 88.3 cm³/mol. The number of amides is 1. The molecule has 20 heavy (non-hydrogen) atoms. The quantitative estimate of drug-likeness (QED) is 0.845. The number of nitrogens with two attached hydrogens (primary N) is 1. The molecule has 5 heteroatoms. The van der Waals surface area contributed by atoms with Crippen molar-refractivity contribution in [2.75, 3.05) is 5.73 Å². The Morgan fingerprint density at radius 2 is 2.05 bits per heavy atom. The summed E-state index contributed by atoms with van der Waals surface area (Å²) in [5.41, 5.74) is 6.74. The largest absolute Gasteiger partial charge is 0.397 e. The average molecular weight is 353 g/mol. The molecule has 1 saturated carbocycles. The van der Waals surface area contributed by atoms with Gasteiger partial charge in [-0.05, 0) is 31.0 Å². The van der Waals surface area contributed by atoms with Crippen molar-refractivity contribution < 1.29 is 4.79 Å². The van der Waals surface area contributed by atoms with Crippen molar-refractivity contribution in [2.24, 2.45) is 0 Å². The molecule has 0 saturated heterocycles. The number of anilines is 1. The second-order valence-electron chi connectivity index (χ2n) is 5.29. The molecule has 3 N–H and O–H groups in total. The lowest BCUT2D eigenvalue weighted by Gasteiger charge is -2.22. The van der Waals surface area contributed by atoms with Crippen molar-refractivity contribution in [1.29, 1.82) is 0 Å². The van der Waals surface area contributed by atoms with E-state index in [9.17, 15) is 4.79 Å². The van der Waals surface area contributed by atoms with Gasteiger partial charge in [-0.2, -0.15) is 0 Å². The third kappa shape index (κ3) is 2.69. The number of rotatable bonds is 2. The Morgan fingerprint density at radius 3 is 2.80 bits per heavy atom. The fourth-order valence-corrected chi connectivity index (χ4v) is 4.12. The van der Waals surface area contributed by atoms with Crippen LogP contribution in [0.4, 0.5) is 5.69 Å². The fraction of sp³-hybridized carbons (Fsp3) is 0.400. The molecule has 2 aromatic rings. The van der Waals surface area contributed by atoms with Crippen molar-refractivity contribution >= 4 is 48.9 Å². The summed E-state index contributed by atoms with van der Waals surface area (Å²) < 4.78 is 2.04. The Bertz CT molecular complexity index is 647. The summed E-state index contributed by atoms with van der Waals surface area (Å²) in [6.07, 6.45) is 5.87. The molecule has 1 aromatic carbocycles. The zero-order valence-corrected chi connectivity index (χ0v) is 13.5. The Labute approximate surface area is 130 Å². The molecule has 1 amide bonds. The highest BCUT2D eigenvalue weighted by molar-refractivity contribution is 9.10. The van der Waals surface area contributed by atoms with Crippen LogP contribution < -0.4 is 11.1 Å². The Kier molecular flexibility index (Phi) is 3.98. The normalized spacial score (nSPS) is 16.4. The summed E-state index contributed by atoms with van der Waals surface area (Å²) in [7, 11) is 0. The van der Waals surface area contributed by atoms with Crippen LogP contribution >= 0.6 is 27.3 Å². The summed E-state index contributed by atoms with van der Waals surface area (Å²) in [6.45, 7) is 0. The van der Waals surface area contributed by atoms with E-state index in [1.165, 1.54) is 30.6 Å². The lowest BCUT2D eigenvalue weighted by Crippen LogP contribution is -2.36. The lowest BCUT2D eigenvalue weighted by molar-refractivity contribution is 0.0933. The maximum absolute atomic E-state index is 12.4. The Morgan fingerprint density at radius 1 is 1.30 bits per heavy atom. The van der Waals surface area contributed by atoms with Crippen LogP contribution in [0.1, 0.15) is 41.8 Å². The van der Waals surface area contributed by atoms with E-state index in [-0.39, 0.29) is 5.91 Å². The number of fused-ring (bicyclic) bond motifs is 1. The van der Waals surface area contributed by atoms with E-state index in [4.69, 9.17) is 5.73 Å². The zero-order valence-electron chi connectivity index (χ0n) is 11.1. The van der Waals surface area contributed by atoms with Crippen LogP contribution in [0.3, 0.4) is 0 Å². The minimum absolute atomic E-state index is 0.0216. The first-order valence-corrected chi connectivity index (χ1v) is 8.54. The van der Waals surface area contributed by atoms with E-state index in [0.717, 1.165) is 27.4 Å². The third-order valence-corrected chi connectivity index (χ3v) is 5.51. The van der Waals surface area contributed by atoms with Crippen LogP contribution in [-0.4, -0.2) is 11.9 Å². The zero-order chi connectivity index (χ0) is 14.1. The Balaban J connectivity index is 1.85. The monoisotopic (exact) mass is 352 g/mol. The maximum Gasteiger partial charge on any atom is 0.263 e. The summed E-state index contributed by atoms with van der Waals surface area (Å²) in [5.74, 6) is -0.0216. The van der Waals surface area contributed by atoms with Crippen molar-refractivity contribution in [2.45, 2.75) is 38.1 Å². The summed E-state index contributed by atoms with van der Waals surface area (Å²) in [6, 6.07) is 6.25. The number of nitrogens with one attached hydrogen (secondary N) is 1. The molecule has 1 aliphatic carbocycles. The van der Waals surface area contributed by atoms with Crippen molar-refractivity contribution in [3.8, 4) is 0 Å². The van der Waals surface area contributed by atoms with E-state index in [2.05, 4.69) is 21.2 Å². The first-order chi connectivity index (χ1) is 9.65. The van der Waals surface area contributed by atoms with E-state index >= 15 is 0 Å². The van der Waals surface area contributed by atoms with Crippen molar-refractivity contribution in [1.82, 2.24) is 5.32 Å². The van der Waals surface area contributed by atoms with E-state index in [0.29, 0.717) is 16.6 Å². The van der Waals surface area contributed by atoms with Crippen molar-refractivity contribution in [3.05, 3.63) is 27.5 Å². The number of halogens is 1. The summed E-state index contributed by atoms with van der Waals surface area (Å²) >= 11 is 4.91. The molecular weight excluding hydrogens is 336 g/mol. The second-order valence-corrected chi connectivity index (χ2v) is 7.26. The number of nitrogen functional groups attached to an aromatic ring is 1. The van der Waals surface area contributed by atoms with Gasteiger partial charge in [0.15, 0.2) is 0 Å². The number of hydrogen-bond donors (Lipinski definition) is 2. The molecule has 106 valence electrons. The smallest absolute Gasteiger partial charge is 0.263 e. The molecule has 1 aliphatic rings. The van der Waals surface area contributed by atoms with Crippen LogP contribution in [0.2, 0.25) is 0 Å². The molecule has 1 aromatic heterocycles. The molecule has 0 atom stereocenters. The van der Waals surface area contributed by atoms with Crippen LogP contribution in [0.5, 0.6) is 0 Å². The number of carbonyl (C=O) groups is 1. The molecule has 0 radical (unpaired) electrons. The molecule has 3 rings (SSSR count). The molecule has 1 heterocycles. The van der Waals surface area contributed by atoms with Gasteiger partial charge in [0.25, 0.3) is 5.91 Å². The van der Waals surface area contributed by atoms with E-state index in [1.54, 1.807) is 0 Å². The van der Waals surface area contributed by atoms with Gasteiger partial charge in [-0.3, -0.25) is 4.79 Å². The van der Waals surface area contributed by atoms with E-state index < -0.39 is 0 Å². The maximum atomic E-state index is 12.4. The molecule has 0 spiro atoms. The van der Waals surface area contributed by atoms with Gasteiger partial charge in [0, 0.05) is 20.6 Å². The molecule has 0 aliphatic heterocycles. The topological polar surface area (TPSA) is 55.1 Å². The minimum Gasteiger partial charge on any atom is -0.397 e. The highest BCUT2D eigenvalue weighted by Crippen LogP contribution is 2.35. The number of hydrogen-bond acceptors (Lipinski definition) is 3. The average Bonchev–Trinajstić information content (AvgIpc) is 2.77. The number of benzene rings is 1. The highest BCUT2D eigenvalue weighted by atomic mass is 79.9. The molecule has 3 nitrogen and oxygen atoms in total. The second kappa shape index (κ2) is 5.74. The predicted octanol–water partition coefficient (Wildman–Crippen LogP) is 4.31. The van der Waals surface area contributed by atoms with Gasteiger partial charge < -0.3 is 11.1 Å². The van der Waals surface area contributed by atoms with Gasteiger partial charge in [-0.1, -0.05) is 35.2 Å². The van der Waals surface area contributed by atoms with Crippen LogP contribution in [0.15, 0.2) is 22.7 Å². The van der Waals surface area contributed by atoms with E-state index in [1.807, 2.05) is 18.2 Å². The summed E-state index contributed by atoms with van der Waals surface area (Å²) in [5, 5.41) is 4.09. The minimum atomic E-state index is -0.0216. The van der Waals surface area contributed by atoms with Gasteiger partial charge >= 0.3 is 0 Å². The van der Waals surface area contributed by atoms with Crippen LogP contribution in [0.25, 0.3) is 10.1 Å². The lowest BCUT2D eigenvalue weighted by atomic mass is 9.95. The molecular formula is C15H17BrN2OS. The van der Waals surface area contributed by atoms with Crippen molar-refractivity contribution in [3.63, 3.8) is 0 Å². The standard InChI is InChI=1S/C15H17BrN2OS/c16-9-6-7-12-11(8-9)13(17)14(20-12)15(19)18-10-4-2-1-3-5-10/h6-8,10H,1-5,17H2,(H,18,19). The number of carbonyl (C=O) groups excluding carboxylic acids is 1. The van der Waals surface area contributed by atoms with Gasteiger partial charge in [0.1, 0.15) is 4.88 Å². The molecule has 0 bridgehead atoms. The highest BCUT2D eigenvalue weighted by Gasteiger charge is 2.21. The van der Waals surface area contributed by atoms with Crippen LogP contribution in [0, 0.1) is 0 Å². The number of thiophene rings is 1. The third-order valence-electron chi connectivity index (χ3n) is 3.84. The molecule has 0 unspecified atom stereocenters. The van der Waals surface area contributed by atoms with Gasteiger partial charge in [-0.25, -0.2) is 0 Å². The Hall–Kier alpha value is -1.07. The molecule has 1 fully saturated rings. The van der Waals surface area contributed by atoms with Gasteiger partial charge in [0.2, 0.25) is 0 Å². The first-order valence-electron chi connectivity index (χ1n) is 6.93. The fourth-order valence-electron chi connectivity index (χ4n) is 2.76. The summed E-state index contributed by atoms with van der Waals surface area (Å²) in [4.78, 5) is 13.0. The van der Waals surface area contributed by atoms with Crippen LogP contribution in [-0.2, 0) is 0 Å². The van der Waals surface area contributed by atoms with Gasteiger partial charge in [-0.15, -0.1) is 11.3 Å². The SMILES string of the molecule is Nc1c(C(=O)NC2CCCCC2)sc2ccc(Br)cc12. The first kappa shape index (κ1) is 13.9.